The Bertz CT molecular complexity index is 376. The van der Waals surface area contributed by atoms with Gasteiger partial charge in [-0.05, 0) is 50.3 Å². The Morgan fingerprint density at radius 3 is 3.00 bits per heavy atom. The van der Waals surface area contributed by atoms with Crippen molar-refractivity contribution in [1.82, 2.24) is 0 Å². The maximum atomic E-state index is 9.16. The van der Waals surface area contributed by atoms with Gasteiger partial charge in [-0.15, -0.1) is 0 Å². The average molecular weight is 234 g/mol. The van der Waals surface area contributed by atoms with Crippen LogP contribution in [0, 0.1) is 6.92 Å². The predicted molar refractivity (Wildman–Crippen MR) is 72.3 cm³/mol. The van der Waals surface area contributed by atoms with Crippen molar-refractivity contribution < 1.29 is 5.11 Å². The standard InChI is InChI=1S/C14H22N2O/c1-11-5-6-12(15)10-14(11)16-8-3-2-4-13(16)7-9-17/h5-6,10,13,17H,2-4,7-9,15H2,1H3. The van der Waals surface area contributed by atoms with Gasteiger partial charge in [-0.1, -0.05) is 6.07 Å². The molecule has 0 radical (unpaired) electrons. The lowest BCUT2D eigenvalue weighted by Crippen LogP contribution is -2.40. The molecule has 1 aliphatic heterocycles. The van der Waals surface area contributed by atoms with Gasteiger partial charge in [-0.3, -0.25) is 0 Å². The van der Waals surface area contributed by atoms with E-state index in [4.69, 9.17) is 10.8 Å². The van der Waals surface area contributed by atoms with Crippen molar-refractivity contribution in [3.63, 3.8) is 0 Å². The number of nitrogens with two attached hydrogens (primary N) is 1. The predicted octanol–water partition coefficient (Wildman–Crippen LogP) is 2.32. The van der Waals surface area contributed by atoms with Crippen LogP contribution in [-0.2, 0) is 0 Å². The van der Waals surface area contributed by atoms with Crippen LogP contribution < -0.4 is 10.6 Å². The highest BCUT2D eigenvalue weighted by atomic mass is 16.3. The smallest absolute Gasteiger partial charge is 0.0450 e. The molecular weight excluding hydrogens is 212 g/mol. The molecule has 1 atom stereocenters. The molecule has 3 N–H and O–H groups in total. The molecule has 0 spiro atoms. The molecule has 94 valence electrons. The molecule has 2 rings (SSSR count). The van der Waals surface area contributed by atoms with Crippen molar-refractivity contribution >= 4 is 11.4 Å². The highest BCUT2D eigenvalue weighted by Gasteiger charge is 2.23. The SMILES string of the molecule is Cc1ccc(N)cc1N1CCCCC1CCO. The lowest BCUT2D eigenvalue weighted by atomic mass is 9.97. The first-order valence-electron chi connectivity index (χ1n) is 6.46. The van der Waals surface area contributed by atoms with Crippen molar-refractivity contribution in [3.8, 4) is 0 Å². The second kappa shape index (κ2) is 5.41. The molecule has 17 heavy (non-hydrogen) atoms. The van der Waals surface area contributed by atoms with E-state index in [1.807, 2.05) is 6.07 Å². The van der Waals surface area contributed by atoms with Crippen LogP contribution in [0.4, 0.5) is 11.4 Å². The minimum Gasteiger partial charge on any atom is -0.399 e. The fourth-order valence-corrected chi connectivity index (χ4v) is 2.70. The van der Waals surface area contributed by atoms with Crippen LogP contribution >= 0.6 is 0 Å². The quantitative estimate of drug-likeness (QED) is 0.789. The number of piperidine rings is 1. The Morgan fingerprint density at radius 1 is 1.41 bits per heavy atom. The fraction of sp³-hybridized carbons (Fsp3) is 0.571. The van der Waals surface area contributed by atoms with Crippen molar-refractivity contribution in [3.05, 3.63) is 23.8 Å². The summed E-state index contributed by atoms with van der Waals surface area (Å²) in [6, 6.07) is 6.55. The Labute approximate surface area is 103 Å². The number of hydrogen-bond donors (Lipinski definition) is 2. The van der Waals surface area contributed by atoms with Gasteiger partial charge in [0.25, 0.3) is 0 Å². The first-order valence-corrected chi connectivity index (χ1v) is 6.46. The van der Waals surface area contributed by atoms with Crippen LogP contribution in [0.2, 0.25) is 0 Å². The van der Waals surface area contributed by atoms with Gasteiger partial charge >= 0.3 is 0 Å². The number of anilines is 2. The summed E-state index contributed by atoms with van der Waals surface area (Å²) in [6.45, 7) is 3.47. The highest BCUT2D eigenvalue weighted by Crippen LogP contribution is 2.30. The largest absolute Gasteiger partial charge is 0.399 e. The van der Waals surface area contributed by atoms with E-state index in [0.717, 1.165) is 18.7 Å². The van der Waals surface area contributed by atoms with Crippen LogP contribution in [0.15, 0.2) is 18.2 Å². The normalized spacial score (nSPS) is 20.6. The minimum absolute atomic E-state index is 0.266. The van der Waals surface area contributed by atoms with Gasteiger partial charge < -0.3 is 15.7 Å². The molecule has 1 saturated heterocycles. The van der Waals surface area contributed by atoms with E-state index in [-0.39, 0.29) is 6.61 Å². The van der Waals surface area contributed by atoms with E-state index in [0.29, 0.717) is 6.04 Å². The van der Waals surface area contributed by atoms with Gasteiger partial charge in [-0.25, -0.2) is 0 Å². The zero-order valence-electron chi connectivity index (χ0n) is 10.5. The fourth-order valence-electron chi connectivity index (χ4n) is 2.70. The van der Waals surface area contributed by atoms with E-state index < -0.39 is 0 Å². The van der Waals surface area contributed by atoms with E-state index in [1.165, 1.54) is 30.5 Å². The van der Waals surface area contributed by atoms with Gasteiger partial charge in [0.2, 0.25) is 0 Å². The Morgan fingerprint density at radius 2 is 2.24 bits per heavy atom. The van der Waals surface area contributed by atoms with Crippen molar-refractivity contribution in [2.75, 3.05) is 23.8 Å². The second-order valence-corrected chi connectivity index (χ2v) is 4.90. The lowest BCUT2D eigenvalue weighted by molar-refractivity contribution is 0.262. The van der Waals surface area contributed by atoms with Gasteiger partial charge in [-0.2, -0.15) is 0 Å². The van der Waals surface area contributed by atoms with Crippen molar-refractivity contribution in [1.29, 1.82) is 0 Å². The number of benzene rings is 1. The molecule has 0 saturated carbocycles. The topological polar surface area (TPSA) is 49.5 Å². The summed E-state index contributed by atoms with van der Waals surface area (Å²) in [5.74, 6) is 0. The third kappa shape index (κ3) is 2.72. The summed E-state index contributed by atoms with van der Waals surface area (Å²) in [5, 5.41) is 9.16. The monoisotopic (exact) mass is 234 g/mol. The molecule has 1 aromatic carbocycles. The van der Waals surface area contributed by atoms with E-state index in [9.17, 15) is 0 Å². The first-order chi connectivity index (χ1) is 8.22. The van der Waals surface area contributed by atoms with Crippen LogP contribution in [-0.4, -0.2) is 24.3 Å². The molecule has 1 unspecified atom stereocenters. The van der Waals surface area contributed by atoms with Crippen LogP contribution in [0.5, 0.6) is 0 Å². The first kappa shape index (κ1) is 12.2. The molecule has 0 bridgehead atoms. The molecule has 0 aromatic heterocycles. The molecule has 1 heterocycles. The summed E-state index contributed by atoms with van der Waals surface area (Å²) in [6.07, 6.45) is 4.53. The number of nitrogen functional groups attached to an aromatic ring is 1. The number of aliphatic hydroxyl groups is 1. The summed E-state index contributed by atoms with van der Waals surface area (Å²) >= 11 is 0. The molecule has 1 aromatic rings. The zero-order chi connectivity index (χ0) is 12.3. The van der Waals surface area contributed by atoms with Gasteiger partial charge in [0.05, 0.1) is 0 Å². The summed E-state index contributed by atoms with van der Waals surface area (Å²) in [4.78, 5) is 2.42. The number of aryl methyl sites for hydroxylation is 1. The van der Waals surface area contributed by atoms with E-state index in [1.54, 1.807) is 0 Å². The minimum atomic E-state index is 0.266. The Hall–Kier alpha value is -1.22. The van der Waals surface area contributed by atoms with Gasteiger partial charge in [0.15, 0.2) is 0 Å². The van der Waals surface area contributed by atoms with Crippen LogP contribution in [0.25, 0.3) is 0 Å². The maximum absolute atomic E-state index is 9.16. The summed E-state index contributed by atoms with van der Waals surface area (Å²) in [7, 11) is 0. The number of aliphatic hydroxyl groups excluding tert-OH is 1. The average Bonchev–Trinajstić information content (AvgIpc) is 2.34. The Kier molecular flexibility index (Phi) is 3.89. The van der Waals surface area contributed by atoms with Crippen LogP contribution in [0.3, 0.4) is 0 Å². The maximum Gasteiger partial charge on any atom is 0.0450 e. The number of rotatable bonds is 3. The van der Waals surface area contributed by atoms with E-state index in [2.05, 4.69) is 24.0 Å². The number of nitrogens with zero attached hydrogens (tertiary/aromatic N) is 1. The molecule has 0 aliphatic carbocycles. The van der Waals surface area contributed by atoms with Crippen LogP contribution in [0.1, 0.15) is 31.2 Å². The van der Waals surface area contributed by atoms with Crippen molar-refractivity contribution in [2.24, 2.45) is 0 Å². The van der Waals surface area contributed by atoms with Crippen molar-refractivity contribution in [2.45, 2.75) is 38.6 Å². The molecule has 1 fully saturated rings. The Balaban J connectivity index is 2.25. The van der Waals surface area contributed by atoms with Gasteiger partial charge in [0.1, 0.15) is 0 Å². The highest BCUT2D eigenvalue weighted by molar-refractivity contribution is 5.61. The zero-order valence-corrected chi connectivity index (χ0v) is 10.5. The second-order valence-electron chi connectivity index (χ2n) is 4.90. The summed E-state index contributed by atoms with van der Waals surface area (Å²) in [5.41, 5.74) is 9.20. The third-order valence-corrected chi connectivity index (χ3v) is 3.63. The molecule has 3 heteroatoms. The van der Waals surface area contributed by atoms with Gasteiger partial charge in [0, 0.05) is 30.6 Å². The third-order valence-electron chi connectivity index (χ3n) is 3.63. The lowest BCUT2D eigenvalue weighted by Gasteiger charge is -2.38. The molecule has 3 nitrogen and oxygen atoms in total. The van der Waals surface area contributed by atoms with E-state index >= 15 is 0 Å². The molecule has 1 aliphatic rings. The number of hydrogen-bond acceptors (Lipinski definition) is 3. The summed E-state index contributed by atoms with van der Waals surface area (Å²) < 4.78 is 0. The molecular formula is C14H22N2O. The molecule has 0 amide bonds.